The fourth-order valence-electron chi connectivity index (χ4n) is 7.70. The molecule has 8 nitrogen and oxygen atoms in total. The molecule has 3 heterocycles. The number of aromatic hydroxyl groups is 1. The Morgan fingerprint density at radius 1 is 1.28 bits per heavy atom. The average Bonchev–Trinajstić information content (AvgIpc) is 3.38. The zero-order valence-electron chi connectivity index (χ0n) is 20.4. The van der Waals surface area contributed by atoms with Gasteiger partial charge < -0.3 is 19.4 Å². The highest BCUT2D eigenvalue weighted by molar-refractivity contribution is 5.91. The number of hydrogen-bond acceptors (Lipinski definition) is 7. The number of carbonyl (C=O) groups is 1. The van der Waals surface area contributed by atoms with Crippen LogP contribution in [0.2, 0.25) is 0 Å². The summed E-state index contributed by atoms with van der Waals surface area (Å²) in [4.78, 5) is 21.5. The van der Waals surface area contributed by atoms with E-state index < -0.39 is 23.2 Å². The molecule has 5 atom stereocenters. The number of rotatable bonds is 6. The van der Waals surface area contributed by atoms with Gasteiger partial charge in [-0.25, -0.2) is 5.06 Å². The number of hydroxylamine groups is 2. The van der Waals surface area contributed by atoms with Crippen molar-refractivity contribution >= 4 is 12.0 Å². The SMILES string of the molecule is CON(C(=O)C=Cc1ccoc1)[C@@H]1CC[C@@]2(O)[C@H]3Cc4ccc(O)c5c4[C@@]2(CCN3CC2CC2)[C@H]1O5. The van der Waals surface area contributed by atoms with E-state index in [1.165, 1.54) is 31.1 Å². The third-order valence-corrected chi connectivity index (χ3v) is 9.41. The first-order chi connectivity index (χ1) is 17.5. The zero-order valence-corrected chi connectivity index (χ0v) is 20.4. The van der Waals surface area contributed by atoms with E-state index in [2.05, 4.69) is 4.90 Å². The Hall–Kier alpha value is -2.81. The minimum absolute atomic E-state index is 0.00502. The van der Waals surface area contributed by atoms with Gasteiger partial charge in [-0.3, -0.25) is 14.5 Å². The molecule has 2 aromatic rings. The summed E-state index contributed by atoms with van der Waals surface area (Å²) in [6, 6.07) is 5.06. The van der Waals surface area contributed by atoms with Gasteiger partial charge >= 0.3 is 0 Å². The lowest BCUT2D eigenvalue weighted by atomic mass is 9.48. The van der Waals surface area contributed by atoms with Crippen molar-refractivity contribution in [2.75, 3.05) is 20.2 Å². The van der Waals surface area contributed by atoms with Crippen LogP contribution in [-0.2, 0) is 21.5 Å². The molecule has 5 aliphatic rings. The van der Waals surface area contributed by atoms with E-state index in [4.69, 9.17) is 14.0 Å². The molecule has 2 N–H and O–H groups in total. The fraction of sp³-hybridized carbons (Fsp3) is 0.536. The number of nitrogens with zero attached hydrogens (tertiary/aromatic N) is 2. The maximum absolute atomic E-state index is 13.3. The molecule has 1 aromatic carbocycles. The number of ether oxygens (including phenoxy) is 1. The Labute approximate surface area is 210 Å². The lowest BCUT2D eigenvalue weighted by molar-refractivity contribution is -0.238. The Morgan fingerprint density at radius 2 is 2.14 bits per heavy atom. The molecule has 2 bridgehead atoms. The van der Waals surface area contributed by atoms with Gasteiger partial charge in [-0.1, -0.05) is 6.07 Å². The molecule has 3 aliphatic carbocycles. The van der Waals surface area contributed by atoms with Gasteiger partial charge in [0.05, 0.1) is 36.7 Å². The van der Waals surface area contributed by atoms with Crippen molar-refractivity contribution in [1.82, 2.24) is 9.96 Å². The van der Waals surface area contributed by atoms with Gasteiger partial charge in [0.1, 0.15) is 6.10 Å². The summed E-state index contributed by atoms with van der Waals surface area (Å²) in [6.07, 6.45) is 10.9. The van der Waals surface area contributed by atoms with Crippen molar-refractivity contribution < 1.29 is 29.0 Å². The summed E-state index contributed by atoms with van der Waals surface area (Å²) in [5, 5.41) is 24.8. The van der Waals surface area contributed by atoms with E-state index in [1.54, 1.807) is 30.7 Å². The molecule has 36 heavy (non-hydrogen) atoms. The highest BCUT2D eigenvalue weighted by Crippen LogP contribution is 2.66. The average molecular weight is 493 g/mol. The first kappa shape index (κ1) is 22.4. The van der Waals surface area contributed by atoms with Crippen molar-refractivity contribution in [2.45, 2.75) is 67.7 Å². The van der Waals surface area contributed by atoms with Crippen LogP contribution in [0.1, 0.15) is 48.8 Å². The van der Waals surface area contributed by atoms with Crippen LogP contribution < -0.4 is 4.74 Å². The molecule has 190 valence electrons. The van der Waals surface area contributed by atoms with E-state index in [-0.39, 0.29) is 17.7 Å². The Bertz CT molecular complexity index is 1220. The van der Waals surface area contributed by atoms with Crippen LogP contribution in [0.3, 0.4) is 0 Å². The third kappa shape index (κ3) is 2.95. The normalized spacial score (nSPS) is 34.4. The second-order valence-electron chi connectivity index (χ2n) is 11.1. The first-order valence-electron chi connectivity index (χ1n) is 13.0. The molecule has 3 fully saturated rings. The number of phenolic OH excluding ortho intramolecular Hbond substituents is 1. The number of amides is 1. The minimum atomic E-state index is -0.998. The van der Waals surface area contributed by atoms with Gasteiger partial charge in [-0.05, 0) is 74.8 Å². The Balaban J connectivity index is 1.29. The van der Waals surface area contributed by atoms with Crippen molar-refractivity contribution in [3.05, 3.63) is 53.5 Å². The van der Waals surface area contributed by atoms with Gasteiger partial charge in [-0.15, -0.1) is 0 Å². The number of likely N-dealkylation sites (tertiary alicyclic amines) is 1. The highest BCUT2D eigenvalue weighted by atomic mass is 16.7. The van der Waals surface area contributed by atoms with Crippen molar-refractivity contribution in [2.24, 2.45) is 5.92 Å². The zero-order chi connectivity index (χ0) is 24.7. The molecule has 1 amide bonds. The topological polar surface area (TPSA) is 95.6 Å². The quantitative estimate of drug-likeness (QED) is 0.473. The molecule has 1 spiro atoms. The molecular formula is C28H32N2O6. The molecule has 2 saturated carbocycles. The van der Waals surface area contributed by atoms with E-state index >= 15 is 0 Å². The summed E-state index contributed by atoms with van der Waals surface area (Å²) in [6.45, 7) is 1.89. The number of furan rings is 1. The maximum Gasteiger partial charge on any atom is 0.270 e. The largest absolute Gasteiger partial charge is 0.504 e. The summed E-state index contributed by atoms with van der Waals surface area (Å²) < 4.78 is 11.6. The molecule has 2 aliphatic heterocycles. The number of aliphatic hydroxyl groups is 1. The van der Waals surface area contributed by atoms with Gasteiger partial charge in [0.2, 0.25) is 0 Å². The number of benzene rings is 1. The molecule has 0 unspecified atom stereocenters. The van der Waals surface area contributed by atoms with Gasteiger partial charge in [-0.2, -0.15) is 0 Å². The molecular weight excluding hydrogens is 460 g/mol. The van der Waals surface area contributed by atoms with Crippen molar-refractivity contribution in [3.63, 3.8) is 0 Å². The van der Waals surface area contributed by atoms with Crippen LogP contribution in [0.4, 0.5) is 0 Å². The van der Waals surface area contributed by atoms with Crippen LogP contribution in [0, 0.1) is 5.92 Å². The van der Waals surface area contributed by atoms with Gasteiger partial charge in [0.25, 0.3) is 5.91 Å². The molecule has 8 heteroatoms. The van der Waals surface area contributed by atoms with Crippen molar-refractivity contribution in [1.29, 1.82) is 0 Å². The molecule has 1 saturated heterocycles. The second-order valence-corrected chi connectivity index (χ2v) is 11.1. The van der Waals surface area contributed by atoms with Crippen LogP contribution in [0.15, 0.2) is 41.2 Å². The Morgan fingerprint density at radius 3 is 2.89 bits per heavy atom. The van der Waals surface area contributed by atoms with E-state index in [0.717, 1.165) is 42.1 Å². The third-order valence-electron chi connectivity index (χ3n) is 9.41. The lowest BCUT2D eigenvalue weighted by Gasteiger charge is -2.64. The number of hydrogen-bond donors (Lipinski definition) is 2. The van der Waals surface area contributed by atoms with E-state index in [1.807, 2.05) is 6.07 Å². The summed E-state index contributed by atoms with van der Waals surface area (Å²) >= 11 is 0. The van der Waals surface area contributed by atoms with E-state index in [9.17, 15) is 15.0 Å². The van der Waals surface area contributed by atoms with Crippen LogP contribution in [-0.4, -0.2) is 70.1 Å². The van der Waals surface area contributed by atoms with Gasteiger partial charge in [0, 0.05) is 29.8 Å². The lowest BCUT2D eigenvalue weighted by Crippen LogP contribution is -2.78. The predicted octanol–water partition coefficient (Wildman–Crippen LogP) is 3.02. The van der Waals surface area contributed by atoms with Crippen LogP contribution in [0.25, 0.3) is 6.08 Å². The minimum Gasteiger partial charge on any atom is -0.504 e. The molecule has 1 aromatic heterocycles. The summed E-state index contributed by atoms with van der Waals surface area (Å²) in [7, 11) is 1.50. The first-order valence-corrected chi connectivity index (χ1v) is 13.0. The predicted molar refractivity (Wildman–Crippen MR) is 130 cm³/mol. The molecule has 7 rings (SSSR count). The van der Waals surface area contributed by atoms with Gasteiger partial charge in [0.15, 0.2) is 11.5 Å². The van der Waals surface area contributed by atoms with Crippen LogP contribution >= 0.6 is 0 Å². The number of carbonyl (C=O) groups excluding carboxylic acids is 1. The highest BCUT2D eigenvalue weighted by Gasteiger charge is 2.73. The maximum atomic E-state index is 13.3. The molecule has 0 radical (unpaired) electrons. The standard InChI is InChI=1S/C28H32N2O6/c1-34-30(23(32)7-4-18-9-13-35-16-18)20-8-10-28(33)22-14-19-5-6-21(31)25-24(19)27(28,26(20)36-25)11-12-29(22)15-17-2-3-17/h4-7,9,13,16-17,20,22,26,31,33H,2-3,8,10-12,14-15H2,1H3/t20-,22-,26+,27+,28-/m1/s1. The van der Waals surface area contributed by atoms with Crippen LogP contribution in [0.5, 0.6) is 11.5 Å². The second kappa shape index (κ2) is 7.84. The van der Waals surface area contributed by atoms with E-state index in [0.29, 0.717) is 25.0 Å². The monoisotopic (exact) mass is 492 g/mol. The number of piperidine rings is 1. The number of phenols is 1. The van der Waals surface area contributed by atoms with Crippen molar-refractivity contribution in [3.8, 4) is 11.5 Å². The Kier molecular flexibility index (Phi) is 4.88. The summed E-state index contributed by atoms with van der Waals surface area (Å²) in [5.41, 5.74) is 1.17. The fourth-order valence-corrected chi connectivity index (χ4v) is 7.70. The smallest absolute Gasteiger partial charge is 0.270 e. The summed E-state index contributed by atoms with van der Waals surface area (Å²) in [5.74, 6) is 0.991.